The minimum atomic E-state index is -3.72. The molecule has 0 unspecified atom stereocenters. The van der Waals surface area contributed by atoms with Crippen LogP contribution in [0.3, 0.4) is 0 Å². The highest BCUT2D eigenvalue weighted by Crippen LogP contribution is 2.32. The molecule has 1 amide bonds. The minimum absolute atomic E-state index is 0.0886. The Morgan fingerprint density at radius 1 is 1.17 bits per heavy atom. The molecule has 0 heterocycles. The molecule has 0 radical (unpaired) electrons. The van der Waals surface area contributed by atoms with Crippen molar-refractivity contribution in [2.75, 3.05) is 7.05 Å². The van der Waals surface area contributed by atoms with E-state index in [1.165, 1.54) is 43.4 Å². The summed E-state index contributed by atoms with van der Waals surface area (Å²) in [5.74, 6) is -0.597. The number of halogens is 1. The van der Waals surface area contributed by atoms with Gasteiger partial charge >= 0.3 is 0 Å². The molecule has 3 rings (SSSR count). The maximum Gasteiger partial charge on any atom is 0.251 e. The zero-order chi connectivity index (χ0) is 17.3. The van der Waals surface area contributed by atoms with Gasteiger partial charge in [-0.25, -0.2) is 17.5 Å². The molecule has 126 valence electrons. The van der Waals surface area contributed by atoms with Crippen LogP contribution in [0.15, 0.2) is 47.4 Å². The largest absolute Gasteiger partial charge is 0.355 e. The number of hydrogen-bond acceptors (Lipinski definition) is 3. The molecule has 0 aliphatic heterocycles. The van der Waals surface area contributed by atoms with Crippen molar-refractivity contribution < 1.29 is 17.6 Å². The Bertz CT molecular complexity index is 879. The Balaban J connectivity index is 1.82. The summed E-state index contributed by atoms with van der Waals surface area (Å²) in [5.41, 5.74) is 2.03. The highest BCUT2D eigenvalue weighted by atomic mass is 32.2. The van der Waals surface area contributed by atoms with Gasteiger partial charge in [0.2, 0.25) is 10.0 Å². The molecule has 7 heteroatoms. The van der Waals surface area contributed by atoms with Crippen LogP contribution in [-0.2, 0) is 16.4 Å². The molecule has 0 spiro atoms. The second kappa shape index (κ2) is 6.33. The van der Waals surface area contributed by atoms with Crippen LogP contribution in [0.25, 0.3) is 0 Å². The van der Waals surface area contributed by atoms with Gasteiger partial charge in [-0.05, 0) is 60.4 Å². The first-order valence-corrected chi connectivity index (χ1v) is 9.02. The zero-order valence-corrected chi connectivity index (χ0v) is 13.9. The van der Waals surface area contributed by atoms with E-state index in [2.05, 4.69) is 10.0 Å². The first-order chi connectivity index (χ1) is 11.4. The Hall–Kier alpha value is -2.25. The summed E-state index contributed by atoms with van der Waals surface area (Å²) < 4.78 is 41.0. The zero-order valence-electron chi connectivity index (χ0n) is 13.0. The molecule has 2 N–H and O–H groups in total. The monoisotopic (exact) mass is 348 g/mol. The first kappa shape index (κ1) is 16.6. The van der Waals surface area contributed by atoms with Crippen molar-refractivity contribution >= 4 is 15.9 Å². The molecule has 5 nitrogen and oxygen atoms in total. The lowest BCUT2D eigenvalue weighted by Gasteiger charge is -2.14. The number of carbonyl (C=O) groups excluding carboxylic acids is 1. The topological polar surface area (TPSA) is 75.3 Å². The molecule has 1 aliphatic carbocycles. The smallest absolute Gasteiger partial charge is 0.251 e. The third kappa shape index (κ3) is 3.18. The highest BCUT2D eigenvalue weighted by Gasteiger charge is 2.27. The Morgan fingerprint density at radius 3 is 2.54 bits per heavy atom. The van der Waals surface area contributed by atoms with Crippen molar-refractivity contribution in [2.24, 2.45) is 0 Å². The van der Waals surface area contributed by atoms with Gasteiger partial charge < -0.3 is 5.32 Å². The summed E-state index contributed by atoms with van der Waals surface area (Å²) in [4.78, 5) is 11.6. The fourth-order valence-electron chi connectivity index (χ4n) is 2.89. The van der Waals surface area contributed by atoms with Crippen molar-refractivity contribution in [3.05, 3.63) is 65.0 Å². The number of carbonyl (C=O) groups is 1. The summed E-state index contributed by atoms with van der Waals surface area (Å²) >= 11 is 0. The molecular weight excluding hydrogens is 331 g/mol. The fraction of sp³-hybridized carbons (Fsp3) is 0.235. The quantitative estimate of drug-likeness (QED) is 0.889. The van der Waals surface area contributed by atoms with E-state index in [9.17, 15) is 17.6 Å². The van der Waals surface area contributed by atoms with Crippen LogP contribution in [0.1, 0.15) is 33.9 Å². The van der Waals surface area contributed by atoms with E-state index in [1.54, 1.807) is 6.07 Å². The van der Waals surface area contributed by atoms with E-state index in [4.69, 9.17) is 0 Å². The molecule has 0 saturated carbocycles. The fourth-order valence-corrected chi connectivity index (χ4v) is 4.14. The number of benzene rings is 2. The average Bonchev–Trinajstić information content (AvgIpc) is 2.95. The molecule has 1 aliphatic rings. The third-order valence-corrected chi connectivity index (χ3v) is 5.62. The Labute approximate surface area is 139 Å². The number of hydrogen-bond donors (Lipinski definition) is 2. The molecular formula is C17H17FN2O3S. The maximum atomic E-state index is 13.3. The first-order valence-electron chi connectivity index (χ1n) is 7.53. The number of fused-ring (bicyclic) bond motifs is 1. The van der Waals surface area contributed by atoms with E-state index in [1.807, 2.05) is 0 Å². The van der Waals surface area contributed by atoms with Crippen LogP contribution in [0.5, 0.6) is 0 Å². The van der Waals surface area contributed by atoms with Crippen LogP contribution in [-0.4, -0.2) is 21.4 Å². The number of rotatable bonds is 4. The van der Waals surface area contributed by atoms with E-state index in [0.29, 0.717) is 18.4 Å². The van der Waals surface area contributed by atoms with Gasteiger partial charge in [0.25, 0.3) is 5.91 Å². The van der Waals surface area contributed by atoms with E-state index in [-0.39, 0.29) is 22.7 Å². The van der Waals surface area contributed by atoms with Gasteiger partial charge in [0, 0.05) is 18.7 Å². The molecule has 1 atom stereocenters. The van der Waals surface area contributed by atoms with E-state index < -0.39 is 10.0 Å². The molecule has 0 saturated heterocycles. The molecule has 2 aromatic carbocycles. The normalized spacial score (nSPS) is 16.7. The summed E-state index contributed by atoms with van der Waals surface area (Å²) in [6, 6.07) is 9.76. The number of amides is 1. The van der Waals surface area contributed by atoms with Crippen molar-refractivity contribution in [1.29, 1.82) is 0 Å². The van der Waals surface area contributed by atoms with Gasteiger partial charge in [-0.15, -0.1) is 0 Å². The van der Waals surface area contributed by atoms with Crippen molar-refractivity contribution in [3.8, 4) is 0 Å². The number of nitrogens with one attached hydrogen (secondary N) is 2. The number of sulfonamides is 1. The van der Waals surface area contributed by atoms with E-state index >= 15 is 0 Å². The van der Waals surface area contributed by atoms with Crippen molar-refractivity contribution in [2.45, 2.75) is 23.8 Å². The Morgan fingerprint density at radius 2 is 1.88 bits per heavy atom. The van der Waals surface area contributed by atoms with Gasteiger partial charge in [0.05, 0.1) is 4.90 Å². The lowest BCUT2D eigenvalue weighted by molar-refractivity contribution is 0.0963. The van der Waals surface area contributed by atoms with Gasteiger partial charge in [0.15, 0.2) is 0 Å². The second-order valence-corrected chi connectivity index (χ2v) is 7.37. The van der Waals surface area contributed by atoms with Crippen LogP contribution in [0, 0.1) is 5.82 Å². The SMILES string of the molecule is CNC(=O)c1ccc(S(=O)(=O)N[C@@H]2CCc3cc(F)ccc32)cc1. The van der Waals surface area contributed by atoms with Crippen LogP contribution < -0.4 is 10.0 Å². The van der Waals surface area contributed by atoms with Crippen LogP contribution >= 0.6 is 0 Å². The van der Waals surface area contributed by atoms with Gasteiger partial charge in [-0.3, -0.25) is 4.79 Å². The molecule has 0 aromatic heterocycles. The summed E-state index contributed by atoms with van der Waals surface area (Å²) in [6.45, 7) is 0. The summed E-state index contributed by atoms with van der Waals surface area (Å²) in [6.07, 6.45) is 1.23. The number of aryl methyl sites for hydroxylation is 1. The Kier molecular flexibility index (Phi) is 4.38. The molecule has 0 fully saturated rings. The average molecular weight is 348 g/mol. The highest BCUT2D eigenvalue weighted by molar-refractivity contribution is 7.89. The molecule has 2 aromatic rings. The standard InChI is InChI=1S/C17H17FN2O3S/c1-19-17(21)11-2-6-14(7-3-11)24(22,23)20-16-9-4-12-10-13(18)5-8-15(12)16/h2-3,5-8,10,16,20H,4,9H2,1H3,(H,19,21)/t16-/m1/s1. The minimum Gasteiger partial charge on any atom is -0.355 e. The van der Waals surface area contributed by atoms with E-state index in [0.717, 1.165) is 11.1 Å². The molecule has 0 bridgehead atoms. The second-order valence-electron chi connectivity index (χ2n) is 5.66. The lowest BCUT2D eigenvalue weighted by Crippen LogP contribution is -2.27. The summed E-state index contributed by atoms with van der Waals surface area (Å²) in [7, 11) is -2.21. The lowest BCUT2D eigenvalue weighted by atomic mass is 10.1. The van der Waals surface area contributed by atoms with Gasteiger partial charge in [-0.2, -0.15) is 0 Å². The predicted molar refractivity (Wildman–Crippen MR) is 87.6 cm³/mol. The van der Waals surface area contributed by atoms with Crippen molar-refractivity contribution in [3.63, 3.8) is 0 Å². The van der Waals surface area contributed by atoms with Gasteiger partial charge in [0.1, 0.15) is 5.82 Å². The van der Waals surface area contributed by atoms with Gasteiger partial charge in [-0.1, -0.05) is 6.07 Å². The molecule has 24 heavy (non-hydrogen) atoms. The third-order valence-electron chi connectivity index (χ3n) is 4.13. The van der Waals surface area contributed by atoms with Crippen LogP contribution in [0.2, 0.25) is 0 Å². The predicted octanol–water partition coefficient (Wildman–Crippen LogP) is 2.15. The van der Waals surface area contributed by atoms with Crippen molar-refractivity contribution in [1.82, 2.24) is 10.0 Å². The maximum absolute atomic E-state index is 13.3. The summed E-state index contributed by atoms with van der Waals surface area (Å²) in [5, 5.41) is 2.48. The van der Waals surface area contributed by atoms with Crippen LogP contribution in [0.4, 0.5) is 4.39 Å².